The largest absolute Gasteiger partial charge is 0.496 e. The molecule has 196 valence electrons. The van der Waals surface area contributed by atoms with E-state index in [1.54, 1.807) is 44.4 Å². The molecule has 2 aromatic carbocycles. The van der Waals surface area contributed by atoms with Gasteiger partial charge in [0.1, 0.15) is 10.3 Å². The van der Waals surface area contributed by atoms with Crippen LogP contribution in [0.25, 0.3) is 5.57 Å². The molecular weight excluding hydrogens is 594 g/mol. The third-order valence-corrected chi connectivity index (χ3v) is 8.22. The van der Waals surface area contributed by atoms with Crippen LogP contribution in [0.1, 0.15) is 43.9 Å². The number of methoxy groups -OCH3 is 1. The number of nitrogens with one attached hydrogen (secondary N) is 1. The van der Waals surface area contributed by atoms with Crippen LogP contribution in [0.2, 0.25) is 5.02 Å². The summed E-state index contributed by atoms with van der Waals surface area (Å²) in [6.45, 7) is 3.90. The highest BCUT2D eigenvalue weighted by atomic mass is 79.9. The molecule has 0 unspecified atom stereocenters. The van der Waals surface area contributed by atoms with E-state index in [0.29, 0.717) is 54.6 Å². The van der Waals surface area contributed by atoms with Crippen molar-refractivity contribution < 1.29 is 19.1 Å². The van der Waals surface area contributed by atoms with Crippen LogP contribution in [0.3, 0.4) is 0 Å². The molecular formula is C27H23BrClN3O5S. The van der Waals surface area contributed by atoms with Crippen LogP contribution in [0.4, 0.5) is 5.69 Å². The Kier molecular flexibility index (Phi) is 7.30. The number of rotatable bonds is 6. The standard InChI is InChI=1S/C27H23BrClN3O5S/c1-4-6-18-21(26(35)37-5-2)22(13-7-10-19(36-3)16(28)11-13)32-25(34)23(38-27(32)31-18)20-15-12-14(29)8-9-17(15)30-24(20)33/h7-12,22H,4-6H2,1-3H3,(H,30,33)/b23-20-/t22-/m1/s1. The number of hydrogen-bond acceptors (Lipinski definition) is 7. The number of fused-ring (bicyclic) bond motifs is 2. The van der Waals surface area contributed by atoms with Crippen molar-refractivity contribution in [1.82, 2.24) is 4.57 Å². The number of nitrogens with zero attached hydrogens (tertiary/aromatic N) is 2. The fourth-order valence-corrected chi connectivity index (χ4v) is 6.55. The second-order valence-corrected chi connectivity index (χ2v) is 10.9. The van der Waals surface area contributed by atoms with Gasteiger partial charge in [0, 0.05) is 16.3 Å². The van der Waals surface area contributed by atoms with E-state index in [-0.39, 0.29) is 16.7 Å². The van der Waals surface area contributed by atoms with E-state index in [9.17, 15) is 14.4 Å². The van der Waals surface area contributed by atoms with E-state index >= 15 is 0 Å². The van der Waals surface area contributed by atoms with E-state index < -0.39 is 23.5 Å². The van der Waals surface area contributed by atoms with Gasteiger partial charge in [-0.1, -0.05) is 42.3 Å². The average Bonchev–Trinajstić information content (AvgIpc) is 3.38. The number of carbonyl (C=O) groups is 2. The minimum atomic E-state index is -0.813. The van der Waals surface area contributed by atoms with Crippen LogP contribution in [0.15, 0.2) is 61.9 Å². The van der Waals surface area contributed by atoms with Gasteiger partial charge in [-0.15, -0.1) is 0 Å². The molecule has 0 saturated heterocycles. The molecule has 0 saturated carbocycles. The number of esters is 1. The number of thiazole rings is 1. The Morgan fingerprint density at radius 3 is 2.68 bits per heavy atom. The highest BCUT2D eigenvalue weighted by Crippen LogP contribution is 2.37. The molecule has 2 aliphatic rings. The number of hydrogen-bond donors (Lipinski definition) is 1. The lowest BCUT2D eigenvalue weighted by Gasteiger charge is -2.26. The molecule has 0 spiro atoms. The Morgan fingerprint density at radius 2 is 2.00 bits per heavy atom. The van der Waals surface area contributed by atoms with Gasteiger partial charge < -0.3 is 14.8 Å². The van der Waals surface area contributed by atoms with Gasteiger partial charge in [0.2, 0.25) is 0 Å². The molecule has 11 heteroatoms. The summed E-state index contributed by atoms with van der Waals surface area (Å²) in [5.41, 5.74) is 2.46. The molecule has 1 aromatic heterocycles. The molecule has 1 N–H and O–H groups in total. The number of carbonyl (C=O) groups excluding carboxylic acids is 2. The number of allylic oxidation sites excluding steroid dienone is 1. The van der Waals surface area contributed by atoms with Crippen molar-refractivity contribution in [3.8, 4) is 5.75 Å². The Bertz CT molecular complexity index is 1710. The van der Waals surface area contributed by atoms with E-state index in [1.807, 2.05) is 13.0 Å². The van der Waals surface area contributed by atoms with Crippen molar-refractivity contribution in [3.63, 3.8) is 0 Å². The molecule has 0 aliphatic carbocycles. The smallest absolute Gasteiger partial charge is 0.338 e. The van der Waals surface area contributed by atoms with Gasteiger partial charge in [-0.05, 0) is 65.2 Å². The third-order valence-electron chi connectivity index (χ3n) is 6.31. The summed E-state index contributed by atoms with van der Waals surface area (Å²) in [5, 5.41) is 3.25. The topological polar surface area (TPSA) is 99.0 Å². The summed E-state index contributed by atoms with van der Waals surface area (Å²) in [4.78, 5) is 45.6. The first kappa shape index (κ1) is 26.4. The van der Waals surface area contributed by atoms with Gasteiger partial charge in [-0.3, -0.25) is 14.2 Å². The molecule has 0 bridgehead atoms. The molecule has 3 heterocycles. The molecule has 5 rings (SSSR count). The van der Waals surface area contributed by atoms with Crippen LogP contribution in [-0.4, -0.2) is 30.2 Å². The van der Waals surface area contributed by atoms with Gasteiger partial charge in [-0.2, -0.15) is 0 Å². The first-order valence-electron chi connectivity index (χ1n) is 12.0. The van der Waals surface area contributed by atoms with Crippen LogP contribution in [0.5, 0.6) is 5.75 Å². The maximum absolute atomic E-state index is 14.1. The SMILES string of the molecule is CCCC1=C(C(=O)OCC)[C@@H](c2ccc(OC)c(Br)c2)n2c(s/c(=C3\C(=O)Nc4ccc(Cl)cc43)c2=O)=N1. The van der Waals surface area contributed by atoms with Gasteiger partial charge >= 0.3 is 5.97 Å². The number of halogens is 2. The van der Waals surface area contributed by atoms with Crippen molar-refractivity contribution in [2.45, 2.75) is 32.7 Å². The van der Waals surface area contributed by atoms with Gasteiger partial charge in [-0.25, -0.2) is 9.79 Å². The van der Waals surface area contributed by atoms with Crippen molar-refractivity contribution in [2.75, 3.05) is 19.0 Å². The molecule has 38 heavy (non-hydrogen) atoms. The Balaban J connectivity index is 1.85. The Labute approximate surface area is 235 Å². The summed E-state index contributed by atoms with van der Waals surface area (Å²) in [5.74, 6) is -0.324. The van der Waals surface area contributed by atoms with Crippen LogP contribution >= 0.6 is 38.9 Å². The first-order valence-corrected chi connectivity index (χ1v) is 14.0. The van der Waals surface area contributed by atoms with Crippen LogP contribution < -0.4 is 24.9 Å². The number of ether oxygens (including phenoxy) is 2. The normalized spacial score (nSPS) is 17.5. The summed E-state index contributed by atoms with van der Waals surface area (Å²) >= 11 is 10.9. The highest BCUT2D eigenvalue weighted by molar-refractivity contribution is 9.10. The van der Waals surface area contributed by atoms with Gasteiger partial charge in [0.25, 0.3) is 11.5 Å². The number of aromatic nitrogens is 1. The maximum atomic E-state index is 14.1. The first-order chi connectivity index (χ1) is 18.3. The van der Waals surface area contributed by atoms with Crippen molar-refractivity contribution >= 4 is 62.0 Å². The predicted molar refractivity (Wildman–Crippen MR) is 149 cm³/mol. The molecule has 3 aromatic rings. The van der Waals surface area contributed by atoms with Crippen LogP contribution in [-0.2, 0) is 14.3 Å². The molecule has 1 atom stereocenters. The molecule has 0 fully saturated rings. The zero-order valence-electron chi connectivity index (χ0n) is 20.8. The van der Waals surface area contributed by atoms with Gasteiger partial charge in [0.15, 0.2) is 4.80 Å². The zero-order valence-corrected chi connectivity index (χ0v) is 23.9. The number of amides is 1. The summed E-state index contributed by atoms with van der Waals surface area (Å²) in [6, 6.07) is 9.61. The third kappa shape index (κ3) is 4.40. The van der Waals surface area contributed by atoms with Crippen molar-refractivity contribution in [1.29, 1.82) is 0 Å². The van der Waals surface area contributed by atoms with E-state index in [1.165, 1.54) is 4.57 Å². The second kappa shape index (κ2) is 10.5. The summed E-state index contributed by atoms with van der Waals surface area (Å²) in [7, 11) is 1.56. The Morgan fingerprint density at radius 1 is 1.21 bits per heavy atom. The molecule has 8 nitrogen and oxygen atoms in total. The lowest BCUT2D eigenvalue weighted by molar-refractivity contribution is -0.139. The van der Waals surface area contributed by atoms with E-state index in [4.69, 9.17) is 26.1 Å². The number of benzene rings is 2. The van der Waals surface area contributed by atoms with Gasteiger partial charge in [0.05, 0.1) is 41.1 Å². The van der Waals surface area contributed by atoms with E-state index in [0.717, 1.165) is 17.8 Å². The number of anilines is 1. The minimum absolute atomic E-state index is 0.174. The van der Waals surface area contributed by atoms with Crippen LogP contribution in [0, 0.1) is 0 Å². The predicted octanol–water partition coefficient (Wildman–Crippen LogP) is 4.33. The van der Waals surface area contributed by atoms with Crippen molar-refractivity contribution in [2.24, 2.45) is 4.99 Å². The fourth-order valence-electron chi connectivity index (χ4n) is 4.70. The zero-order chi connectivity index (χ0) is 27.1. The quantitative estimate of drug-likeness (QED) is 0.416. The lowest BCUT2D eigenvalue weighted by atomic mass is 9.94. The van der Waals surface area contributed by atoms with Crippen molar-refractivity contribution in [3.05, 3.63) is 88.0 Å². The highest BCUT2D eigenvalue weighted by Gasteiger charge is 2.36. The molecule has 2 aliphatic heterocycles. The minimum Gasteiger partial charge on any atom is -0.496 e. The van der Waals surface area contributed by atoms with E-state index in [2.05, 4.69) is 21.2 Å². The maximum Gasteiger partial charge on any atom is 0.338 e. The fraction of sp³-hybridized carbons (Fsp3) is 0.259. The lowest BCUT2D eigenvalue weighted by Crippen LogP contribution is -2.40. The monoisotopic (exact) mass is 615 g/mol. The Hall–Kier alpha value is -3.21. The molecule has 1 amide bonds. The summed E-state index contributed by atoms with van der Waals surface area (Å²) in [6.07, 6.45) is 1.24. The second-order valence-electron chi connectivity index (χ2n) is 8.65. The molecule has 0 radical (unpaired) electrons. The summed E-state index contributed by atoms with van der Waals surface area (Å²) < 4.78 is 13.2. The average molecular weight is 617 g/mol.